The Hall–Kier alpha value is -2.23. The molecule has 140 valence electrons. The van der Waals surface area contributed by atoms with Gasteiger partial charge in [-0.1, -0.05) is 42.1 Å². The number of piperidine rings is 1. The Morgan fingerprint density at radius 3 is 2.35 bits per heavy atom. The average molecular weight is 385 g/mol. The molecule has 0 unspecified atom stereocenters. The van der Waals surface area contributed by atoms with Gasteiger partial charge in [0.05, 0.1) is 0 Å². The fourth-order valence-corrected chi connectivity index (χ4v) is 3.87. The minimum Gasteiger partial charge on any atom is -0.341 e. The van der Waals surface area contributed by atoms with Crippen molar-refractivity contribution >= 4 is 17.7 Å². The van der Waals surface area contributed by atoms with E-state index in [4.69, 9.17) is 5.84 Å². The molecule has 0 spiro atoms. The molecule has 1 saturated heterocycles. The van der Waals surface area contributed by atoms with Crippen LogP contribution in [0.5, 0.6) is 0 Å². The molecule has 6 nitrogen and oxygen atoms in total. The lowest BCUT2D eigenvalue weighted by Crippen LogP contribution is -2.38. The summed E-state index contributed by atoms with van der Waals surface area (Å²) in [5, 5.41) is 5.77. The van der Waals surface area contributed by atoms with Gasteiger partial charge < -0.3 is 10.7 Å². The molecule has 0 saturated carbocycles. The number of aromatic nitrogens is 3. The van der Waals surface area contributed by atoms with Crippen LogP contribution in [-0.4, -0.2) is 38.8 Å². The van der Waals surface area contributed by atoms with Crippen molar-refractivity contribution in [2.24, 2.45) is 0 Å². The largest absolute Gasteiger partial charge is 0.453 e. The highest BCUT2D eigenvalue weighted by Gasteiger charge is 2.39. The molecule has 0 bridgehead atoms. The van der Waals surface area contributed by atoms with Crippen molar-refractivity contribution in [3.05, 3.63) is 41.7 Å². The van der Waals surface area contributed by atoms with Crippen LogP contribution in [0.25, 0.3) is 0 Å². The van der Waals surface area contributed by atoms with Gasteiger partial charge in [0.15, 0.2) is 0 Å². The highest BCUT2D eigenvalue weighted by molar-refractivity contribution is 8.00. The molecule has 2 aromatic rings. The first-order chi connectivity index (χ1) is 12.4. The fourth-order valence-electron chi connectivity index (χ4n) is 2.83. The zero-order chi connectivity index (χ0) is 18.7. The molecule has 0 aliphatic carbocycles. The summed E-state index contributed by atoms with van der Waals surface area (Å²) in [6.45, 7) is 1.29. The van der Waals surface area contributed by atoms with Gasteiger partial charge in [0.25, 0.3) is 5.82 Å². The van der Waals surface area contributed by atoms with Crippen molar-refractivity contribution in [2.75, 3.05) is 18.9 Å². The highest BCUT2D eigenvalue weighted by Crippen LogP contribution is 2.37. The topological polar surface area (TPSA) is 77.0 Å². The first-order valence-corrected chi connectivity index (χ1v) is 9.04. The maximum absolute atomic E-state index is 13.0. The molecule has 2 N–H and O–H groups in total. The third-order valence-electron chi connectivity index (χ3n) is 4.14. The fraction of sp³-hybridized carbons (Fsp3) is 0.438. The van der Waals surface area contributed by atoms with Crippen molar-refractivity contribution < 1.29 is 18.0 Å². The van der Waals surface area contributed by atoms with Crippen LogP contribution in [0.3, 0.4) is 0 Å². The smallest absolute Gasteiger partial charge is 0.341 e. The predicted octanol–water partition coefficient (Wildman–Crippen LogP) is 2.86. The average Bonchev–Trinajstić information content (AvgIpc) is 3.01. The molecule has 1 aliphatic rings. The lowest BCUT2D eigenvalue weighted by atomic mass is 10.1. The number of hydrogen-bond acceptors (Lipinski definition) is 5. The monoisotopic (exact) mass is 385 g/mol. The number of benzene rings is 1. The summed E-state index contributed by atoms with van der Waals surface area (Å²) in [6, 6.07) is 8.90. The number of carbonyl (C=O) groups excluding carboxylic acids is 1. The number of carbonyl (C=O) groups is 1. The summed E-state index contributed by atoms with van der Waals surface area (Å²) in [5.41, 5.74) is 0.685. The molecule has 1 aliphatic heterocycles. The Morgan fingerprint density at radius 1 is 1.12 bits per heavy atom. The molecule has 1 fully saturated rings. The Bertz CT molecular complexity index is 759. The quantitative estimate of drug-likeness (QED) is 0.647. The predicted molar refractivity (Wildman–Crippen MR) is 90.6 cm³/mol. The van der Waals surface area contributed by atoms with Crippen LogP contribution in [0.4, 0.5) is 13.2 Å². The van der Waals surface area contributed by atoms with Crippen LogP contribution in [-0.2, 0) is 11.0 Å². The van der Waals surface area contributed by atoms with E-state index in [1.165, 1.54) is 0 Å². The number of hydrogen-bond donors (Lipinski definition) is 1. The molecule has 2 heterocycles. The van der Waals surface area contributed by atoms with Gasteiger partial charge in [0.1, 0.15) is 5.25 Å². The second-order valence-corrected chi connectivity index (χ2v) is 7.04. The SMILES string of the molecule is Nn1c(S[C@H](C(=O)N2CCCCC2)c2ccccc2)nnc1C(F)(F)F. The number of nitrogen functional groups attached to an aromatic ring is 1. The third-order valence-corrected chi connectivity index (χ3v) is 5.33. The molecule has 26 heavy (non-hydrogen) atoms. The molecule has 1 aromatic heterocycles. The van der Waals surface area contributed by atoms with Crippen LogP contribution >= 0.6 is 11.8 Å². The minimum atomic E-state index is -4.71. The van der Waals surface area contributed by atoms with Gasteiger partial charge in [-0.15, -0.1) is 10.2 Å². The van der Waals surface area contributed by atoms with E-state index in [1.54, 1.807) is 29.2 Å². The van der Waals surface area contributed by atoms with Gasteiger partial charge in [-0.05, 0) is 24.8 Å². The van der Waals surface area contributed by atoms with Crippen molar-refractivity contribution in [2.45, 2.75) is 35.8 Å². The van der Waals surface area contributed by atoms with Crippen molar-refractivity contribution in [1.82, 2.24) is 19.8 Å². The van der Waals surface area contributed by atoms with E-state index in [-0.39, 0.29) is 11.1 Å². The maximum atomic E-state index is 13.0. The minimum absolute atomic E-state index is 0.155. The number of nitrogens with two attached hydrogens (primary N) is 1. The van der Waals surface area contributed by atoms with Crippen LogP contribution in [0, 0.1) is 0 Å². The van der Waals surface area contributed by atoms with Crippen molar-refractivity contribution in [1.29, 1.82) is 0 Å². The van der Waals surface area contributed by atoms with Gasteiger partial charge >= 0.3 is 6.18 Å². The van der Waals surface area contributed by atoms with E-state index in [1.807, 2.05) is 6.07 Å². The molecule has 10 heteroatoms. The van der Waals surface area contributed by atoms with Crippen molar-refractivity contribution in [3.8, 4) is 0 Å². The second-order valence-electron chi connectivity index (χ2n) is 5.97. The zero-order valence-corrected chi connectivity index (χ0v) is 14.6. The van der Waals surface area contributed by atoms with Gasteiger partial charge in [-0.25, -0.2) is 4.68 Å². The Morgan fingerprint density at radius 2 is 1.77 bits per heavy atom. The molecule has 1 atom stereocenters. The summed E-state index contributed by atoms with van der Waals surface area (Å²) in [6.07, 6.45) is -1.80. The van der Waals surface area contributed by atoms with Gasteiger partial charge in [-0.2, -0.15) is 13.2 Å². The Kier molecular flexibility index (Phi) is 5.40. The lowest BCUT2D eigenvalue weighted by Gasteiger charge is -2.30. The van der Waals surface area contributed by atoms with Crippen LogP contribution in [0.2, 0.25) is 0 Å². The number of thioether (sulfide) groups is 1. The highest BCUT2D eigenvalue weighted by atomic mass is 32.2. The number of amides is 1. The summed E-state index contributed by atoms with van der Waals surface area (Å²) >= 11 is 0.880. The molecular formula is C16H18F3N5OS. The first-order valence-electron chi connectivity index (χ1n) is 8.16. The van der Waals surface area contributed by atoms with Gasteiger partial charge in [0.2, 0.25) is 11.1 Å². The second kappa shape index (κ2) is 7.56. The Balaban J connectivity index is 1.89. The number of nitrogens with zero attached hydrogens (tertiary/aromatic N) is 4. The zero-order valence-electron chi connectivity index (χ0n) is 13.8. The van der Waals surface area contributed by atoms with Gasteiger partial charge in [0, 0.05) is 13.1 Å². The summed E-state index contributed by atoms with van der Waals surface area (Å²) in [7, 11) is 0. The van der Waals surface area contributed by atoms with Crippen molar-refractivity contribution in [3.63, 3.8) is 0 Å². The van der Waals surface area contributed by atoms with Crippen LogP contribution in [0.1, 0.15) is 35.9 Å². The van der Waals surface area contributed by atoms with E-state index in [0.29, 0.717) is 23.3 Å². The standard InChI is InChI=1S/C16H18F3N5OS/c17-16(18,19)14-21-22-15(24(14)20)26-12(11-7-3-1-4-8-11)13(25)23-9-5-2-6-10-23/h1,3-4,7-8,12H,2,5-6,9-10,20H2/t12-/m0/s1. The summed E-state index contributed by atoms with van der Waals surface area (Å²) in [4.78, 5) is 14.7. The normalized spacial score (nSPS) is 16.5. The number of likely N-dealkylation sites (tertiary alicyclic amines) is 1. The Labute approximate surface area is 152 Å². The molecule has 1 amide bonds. The van der Waals surface area contributed by atoms with E-state index in [9.17, 15) is 18.0 Å². The van der Waals surface area contributed by atoms with E-state index >= 15 is 0 Å². The molecular weight excluding hydrogens is 367 g/mol. The maximum Gasteiger partial charge on any atom is 0.453 e. The number of rotatable bonds is 4. The van der Waals surface area contributed by atoms with Crippen LogP contribution in [0.15, 0.2) is 35.5 Å². The van der Waals surface area contributed by atoms with Crippen LogP contribution < -0.4 is 5.84 Å². The number of alkyl halides is 3. The van der Waals surface area contributed by atoms with Gasteiger partial charge in [-0.3, -0.25) is 4.79 Å². The molecule has 3 rings (SSSR count). The summed E-state index contributed by atoms with van der Waals surface area (Å²) < 4.78 is 39.0. The molecule has 0 radical (unpaired) electrons. The summed E-state index contributed by atoms with van der Waals surface area (Å²) in [5.74, 6) is 4.07. The van der Waals surface area contributed by atoms with E-state index < -0.39 is 17.3 Å². The van der Waals surface area contributed by atoms with E-state index in [2.05, 4.69) is 10.2 Å². The lowest BCUT2D eigenvalue weighted by molar-refractivity contribution is -0.146. The first kappa shape index (κ1) is 18.6. The van der Waals surface area contributed by atoms with E-state index in [0.717, 1.165) is 31.0 Å². The third kappa shape index (κ3) is 3.95. The molecule has 1 aromatic carbocycles. The number of halogens is 3.